The zero-order valence-corrected chi connectivity index (χ0v) is 10.4. The molecule has 17 heavy (non-hydrogen) atoms. The summed E-state index contributed by atoms with van der Waals surface area (Å²) in [6, 6.07) is 0.0268. The van der Waals surface area contributed by atoms with Gasteiger partial charge in [-0.05, 0) is 37.5 Å². The average molecular weight is 237 g/mol. The average Bonchev–Trinajstić information content (AvgIpc) is 3.06. The van der Waals surface area contributed by atoms with E-state index in [9.17, 15) is 9.90 Å². The Bertz CT molecular complexity index is 293. The Labute approximate surface area is 103 Å². The third-order valence-electron chi connectivity index (χ3n) is 5.02. The molecule has 96 valence electrons. The van der Waals surface area contributed by atoms with Crippen molar-refractivity contribution in [2.45, 2.75) is 63.5 Å². The van der Waals surface area contributed by atoms with Crippen LogP contribution < -0.4 is 5.32 Å². The molecule has 3 heteroatoms. The molecule has 3 aliphatic rings. The Morgan fingerprint density at radius 3 is 2.18 bits per heavy atom. The molecule has 0 aliphatic heterocycles. The van der Waals surface area contributed by atoms with Crippen molar-refractivity contribution in [1.82, 2.24) is 5.32 Å². The first-order chi connectivity index (χ1) is 8.27. The number of rotatable bonds is 2. The number of aliphatic hydroxyl groups excluding tert-OH is 1. The lowest BCUT2D eigenvalue weighted by atomic mass is 9.92. The molecule has 3 saturated carbocycles. The summed E-state index contributed by atoms with van der Waals surface area (Å²) in [6.07, 6.45) is 8.83. The second-order valence-electron chi connectivity index (χ2n) is 6.10. The first-order valence-corrected chi connectivity index (χ1v) is 7.26. The molecule has 0 aromatic carbocycles. The molecule has 0 radical (unpaired) electrons. The maximum absolute atomic E-state index is 12.2. The van der Waals surface area contributed by atoms with E-state index in [0.717, 1.165) is 25.7 Å². The van der Waals surface area contributed by atoms with E-state index in [-0.39, 0.29) is 24.0 Å². The molecule has 3 fully saturated rings. The predicted octanol–water partition coefficient (Wildman–Crippen LogP) is 1.84. The maximum Gasteiger partial charge on any atom is 0.223 e. The molecular formula is C14H23NO2. The Kier molecular flexibility index (Phi) is 3.12. The highest BCUT2D eigenvalue weighted by atomic mass is 16.3. The van der Waals surface area contributed by atoms with Crippen LogP contribution in [0, 0.1) is 17.8 Å². The number of carbonyl (C=O) groups is 1. The van der Waals surface area contributed by atoms with Crippen molar-refractivity contribution in [3.63, 3.8) is 0 Å². The minimum Gasteiger partial charge on any atom is -0.391 e. The van der Waals surface area contributed by atoms with Gasteiger partial charge in [0.05, 0.1) is 12.1 Å². The second kappa shape index (κ2) is 4.60. The lowest BCUT2D eigenvalue weighted by Crippen LogP contribution is -2.45. The number of aliphatic hydroxyl groups is 1. The van der Waals surface area contributed by atoms with E-state index in [1.165, 1.54) is 25.7 Å². The van der Waals surface area contributed by atoms with E-state index in [2.05, 4.69) is 5.32 Å². The summed E-state index contributed by atoms with van der Waals surface area (Å²) in [5, 5.41) is 13.0. The van der Waals surface area contributed by atoms with Crippen molar-refractivity contribution in [3.8, 4) is 0 Å². The highest BCUT2D eigenvalue weighted by molar-refractivity contribution is 5.82. The zero-order valence-electron chi connectivity index (χ0n) is 10.4. The Morgan fingerprint density at radius 1 is 0.941 bits per heavy atom. The fourth-order valence-corrected chi connectivity index (χ4v) is 3.94. The summed E-state index contributed by atoms with van der Waals surface area (Å²) >= 11 is 0. The van der Waals surface area contributed by atoms with Crippen LogP contribution in [0.25, 0.3) is 0 Å². The highest BCUT2D eigenvalue weighted by Gasteiger charge is 2.54. The van der Waals surface area contributed by atoms with Crippen LogP contribution in [-0.2, 0) is 4.79 Å². The molecule has 0 saturated heterocycles. The van der Waals surface area contributed by atoms with Crippen molar-refractivity contribution in [3.05, 3.63) is 0 Å². The minimum atomic E-state index is -0.312. The highest BCUT2D eigenvalue weighted by Crippen LogP contribution is 2.55. The van der Waals surface area contributed by atoms with E-state index in [1.54, 1.807) is 0 Å². The molecule has 0 aromatic heterocycles. The van der Waals surface area contributed by atoms with E-state index in [1.807, 2.05) is 0 Å². The largest absolute Gasteiger partial charge is 0.391 e. The molecule has 4 atom stereocenters. The summed E-state index contributed by atoms with van der Waals surface area (Å²) < 4.78 is 0. The molecular weight excluding hydrogens is 214 g/mol. The molecule has 2 unspecified atom stereocenters. The van der Waals surface area contributed by atoms with Crippen LogP contribution in [0.4, 0.5) is 0 Å². The number of fused-ring (bicyclic) bond motifs is 1. The van der Waals surface area contributed by atoms with Crippen molar-refractivity contribution < 1.29 is 9.90 Å². The van der Waals surface area contributed by atoms with Gasteiger partial charge in [-0.2, -0.15) is 0 Å². The SMILES string of the molecule is O=C(N[C@H]1CCCC[C@@H]1O)C1C2CCCCC21. The molecule has 0 bridgehead atoms. The van der Waals surface area contributed by atoms with Crippen LogP contribution in [0.5, 0.6) is 0 Å². The number of amides is 1. The first kappa shape index (κ1) is 11.5. The summed E-state index contributed by atoms with van der Waals surface area (Å²) in [5.41, 5.74) is 0. The van der Waals surface area contributed by atoms with Crippen LogP contribution >= 0.6 is 0 Å². The van der Waals surface area contributed by atoms with Crippen LogP contribution in [0.15, 0.2) is 0 Å². The number of hydrogen-bond acceptors (Lipinski definition) is 2. The Hall–Kier alpha value is -0.570. The summed E-state index contributed by atoms with van der Waals surface area (Å²) in [4.78, 5) is 12.2. The van der Waals surface area contributed by atoms with E-state index < -0.39 is 0 Å². The van der Waals surface area contributed by atoms with Gasteiger partial charge in [-0.15, -0.1) is 0 Å². The van der Waals surface area contributed by atoms with E-state index >= 15 is 0 Å². The van der Waals surface area contributed by atoms with Gasteiger partial charge in [-0.3, -0.25) is 4.79 Å². The van der Waals surface area contributed by atoms with Crippen LogP contribution in [0.3, 0.4) is 0 Å². The molecule has 0 spiro atoms. The fourth-order valence-electron chi connectivity index (χ4n) is 3.94. The normalized spacial score (nSPS) is 44.9. The molecule has 0 aromatic rings. The number of carbonyl (C=O) groups excluding carboxylic acids is 1. The molecule has 0 heterocycles. The van der Waals surface area contributed by atoms with E-state index in [0.29, 0.717) is 11.8 Å². The van der Waals surface area contributed by atoms with Gasteiger partial charge >= 0.3 is 0 Å². The summed E-state index contributed by atoms with van der Waals surface area (Å²) in [7, 11) is 0. The van der Waals surface area contributed by atoms with Crippen molar-refractivity contribution in [2.24, 2.45) is 17.8 Å². The van der Waals surface area contributed by atoms with Crippen LogP contribution in [-0.4, -0.2) is 23.2 Å². The van der Waals surface area contributed by atoms with Crippen LogP contribution in [0.2, 0.25) is 0 Å². The molecule has 3 nitrogen and oxygen atoms in total. The van der Waals surface area contributed by atoms with Gasteiger partial charge in [0.2, 0.25) is 5.91 Å². The Morgan fingerprint density at radius 2 is 1.53 bits per heavy atom. The van der Waals surface area contributed by atoms with Crippen molar-refractivity contribution in [1.29, 1.82) is 0 Å². The number of nitrogens with one attached hydrogen (secondary N) is 1. The van der Waals surface area contributed by atoms with Gasteiger partial charge < -0.3 is 10.4 Å². The fraction of sp³-hybridized carbons (Fsp3) is 0.929. The Balaban J connectivity index is 1.53. The second-order valence-corrected chi connectivity index (χ2v) is 6.10. The van der Waals surface area contributed by atoms with Crippen molar-refractivity contribution >= 4 is 5.91 Å². The lowest BCUT2D eigenvalue weighted by Gasteiger charge is -2.28. The third-order valence-corrected chi connectivity index (χ3v) is 5.02. The molecule has 2 N–H and O–H groups in total. The summed E-state index contributed by atoms with van der Waals surface area (Å²) in [5.74, 6) is 1.86. The van der Waals surface area contributed by atoms with Gasteiger partial charge in [-0.25, -0.2) is 0 Å². The summed E-state index contributed by atoms with van der Waals surface area (Å²) in [6.45, 7) is 0. The van der Waals surface area contributed by atoms with Gasteiger partial charge in [0.1, 0.15) is 0 Å². The van der Waals surface area contributed by atoms with Gasteiger partial charge in [0, 0.05) is 5.92 Å². The predicted molar refractivity (Wildman–Crippen MR) is 65.3 cm³/mol. The van der Waals surface area contributed by atoms with Gasteiger partial charge in [-0.1, -0.05) is 25.7 Å². The standard InChI is InChI=1S/C14H23NO2/c16-12-8-4-3-7-11(12)15-14(17)13-9-5-1-2-6-10(9)13/h9-13,16H,1-8H2,(H,15,17)/t9?,10?,11-,12-,13?/m0/s1. The molecule has 1 amide bonds. The molecule has 3 aliphatic carbocycles. The first-order valence-electron chi connectivity index (χ1n) is 7.26. The van der Waals surface area contributed by atoms with E-state index in [4.69, 9.17) is 0 Å². The maximum atomic E-state index is 12.2. The topological polar surface area (TPSA) is 49.3 Å². The van der Waals surface area contributed by atoms with Gasteiger partial charge in [0.25, 0.3) is 0 Å². The third kappa shape index (κ3) is 2.22. The van der Waals surface area contributed by atoms with Crippen LogP contribution in [0.1, 0.15) is 51.4 Å². The monoisotopic (exact) mass is 237 g/mol. The number of hydrogen-bond donors (Lipinski definition) is 2. The lowest BCUT2D eigenvalue weighted by molar-refractivity contribution is -0.124. The molecule has 3 rings (SSSR count). The van der Waals surface area contributed by atoms with Crippen molar-refractivity contribution in [2.75, 3.05) is 0 Å². The quantitative estimate of drug-likeness (QED) is 0.770. The smallest absolute Gasteiger partial charge is 0.223 e. The zero-order chi connectivity index (χ0) is 11.8. The minimum absolute atomic E-state index is 0.0268. The van der Waals surface area contributed by atoms with Gasteiger partial charge in [0.15, 0.2) is 0 Å².